The van der Waals surface area contributed by atoms with Crippen LogP contribution in [0.1, 0.15) is 122 Å². The number of benzene rings is 1. The van der Waals surface area contributed by atoms with Crippen LogP contribution in [0.4, 0.5) is 0 Å². The molecule has 1 unspecified atom stereocenters. The topological polar surface area (TPSA) is 94.8 Å². The van der Waals surface area contributed by atoms with E-state index < -0.39 is 15.9 Å². The van der Waals surface area contributed by atoms with E-state index in [1.165, 1.54) is 83.1 Å². The summed E-state index contributed by atoms with van der Waals surface area (Å²) >= 11 is 0. The van der Waals surface area contributed by atoms with Crippen LogP contribution in [-0.2, 0) is 10.1 Å². The molecule has 6 heteroatoms. The zero-order chi connectivity index (χ0) is 22.4. The van der Waals surface area contributed by atoms with E-state index in [1.807, 2.05) is 6.92 Å². The maximum atomic E-state index is 11.6. The fourth-order valence-corrected chi connectivity index (χ4v) is 4.80. The molecule has 0 spiro atoms. The van der Waals surface area contributed by atoms with Crippen LogP contribution in [0.25, 0.3) is 0 Å². The predicted octanol–water partition coefficient (Wildman–Crippen LogP) is 7.32. The third kappa shape index (κ3) is 10.7. The molecule has 0 saturated heterocycles. The first-order valence-electron chi connectivity index (χ1n) is 11.8. The Morgan fingerprint density at radius 3 is 1.57 bits per heavy atom. The molecule has 0 radical (unpaired) electrons. The number of aromatic hydroxyl groups is 2. The Morgan fingerprint density at radius 2 is 1.13 bits per heavy atom. The van der Waals surface area contributed by atoms with Crippen LogP contribution in [0, 0.1) is 0 Å². The molecule has 0 aliphatic carbocycles. The van der Waals surface area contributed by atoms with Crippen molar-refractivity contribution in [3.05, 3.63) is 17.7 Å². The van der Waals surface area contributed by atoms with Crippen molar-refractivity contribution in [2.45, 2.75) is 121 Å². The minimum absolute atomic E-state index is 0.134. The van der Waals surface area contributed by atoms with Crippen LogP contribution < -0.4 is 0 Å². The Balaban J connectivity index is 2.17. The summed E-state index contributed by atoms with van der Waals surface area (Å²) in [7, 11) is -4.45. The Morgan fingerprint density at radius 1 is 0.733 bits per heavy atom. The van der Waals surface area contributed by atoms with Gasteiger partial charge in [-0.25, -0.2) is 0 Å². The molecule has 0 aliphatic heterocycles. The second kappa shape index (κ2) is 14.7. The van der Waals surface area contributed by atoms with E-state index in [9.17, 15) is 23.2 Å². The van der Waals surface area contributed by atoms with E-state index in [4.69, 9.17) is 0 Å². The molecule has 5 nitrogen and oxygen atoms in total. The van der Waals surface area contributed by atoms with Gasteiger partial charge in [0.15, 0.2) is 11.5 Å². The van der Waals surface area contributed by atoms with Gasteiger partial charge in [0, 0.05) is 6.07 Å². The van der Waals surface area contributed by atoms with Crippen LogP contribution in [-0.4, -0.2) is 23.2 Å². The van der Waals surface area contributed by atoms with Crippen molar-refractivity contribution >= 4 is 10.1 Å². The Hall–Kier alpha value is -1.27. The van der Waals surface area contributed by atoms with Gasteiger partial charge in [-0.2, -0.15) is 8.42 Å². The maximum absolute atomic E-state index is 11.6. The number of phenols is 2. The van der Waals surface area contributed by atoms with Gasteiger partial charge in [-0.05, 0) is 24.0 Å². The molecular weight excluding hydrogens is 400 g/mol. The van der Waals surface area contributed by atoms with Crippen LogP contribution in [0.5, 0.6) is 11.5 Å². The molecule has 0 amide bonds. The van der Waals surface area contributed by atoms with E-state index in [-0.39, 0.29) is 16.6 Å². The van der Waals surface area contributed by atoms with Crippen LogP contribution >= 0.6 is 0 Å². The van der Waals surface area contributed by atoms with Gasteiger partial charge in [0.25, 0.3) is 10.1 Å². The van der Waals surface area contributed by atoms with E-state index >= 15 is 0 Å². The molecule has 1 atom stereocenters. The molecule has 0 aliphatic rings. The predicted molar refractivity (Wildman–Crippen MR) is 123 cm³/mol. The zero-order valence-electron chi connectivity index (χ0n) is 18.9. The first kappa shape index (κ1) is 26.8. The molecule has 174 valence electrons. The van der Waals surface area contributed by atoms with Gasteiger partial charge < -0.3 is 10.2 Å². The van der Waals surface area contributed by atoms with E-state index in [1.54, 1.807) is 0 Å². The summed E-state index contributed by atoms with van der Waals surface area (Å²) in [5, 5.41) is 19.3. The Kier molecular flexibility index (Phi) is 13.1. The summed E-state index contributed by atoms with van der Waals surface area (Å²) in [4.78, 5) is -0.323. The minimum atomic E-state index is -4.45. The molecule has 0 fully saturated rings. The zero-order valence-corrected chi connectivity index (χ0v) is 19.7. The highest BCUT2D eigenvalue weighted by Gasteiger charge is 2.22. The number of unbranched alkanes of at least 4 members (excludes halogenated alkanes) is 13. The fraction of sp³-hybridized carbons (Fsp3) is 0.750. The van der Waals surface area contributed by atoms with Crippen molar-refractivity contribution in [2.75, 3.05) is 0 Å². The number of hydrogen-bond donors (Lipinski definition) is 3. The third-order valence-corrected chi connectivity index (χ3v) is 6.82. The van der Waals surface area contributed by atoms with Crippen molar-refractivity contribution in [3.63, 3.8) is 0 Å². The summed E-state index contributed by atoms with van der Waals surface area (Å²) in [5.74, 6) is -1.05. The van der Waals surface area contributed by atoms with Crippen molar-refractivity contribution < 1.29 is 23.2 Å². The highest BCUT2D eigenvalue weighted by Crippen LogP contribution is 2.36. The molecule has 30 heavy (non-hydrogen) atoms. The molecule has 0 aromatic heterocycles. The highest BCUT2D eigenvalue weighted by molar-refractivity contribution is 7.85. The molecule has 0 heterocycles. The van der Waals surface area contributed by atoms with E-state index in [0.29, 0.717) is 5.56 Å². The first-order chi connectivity index (χ1) is 14.3. The minimum Gasteiger partial charge on any atom is -0.504 e. The molecular formula is C24H42O5S. The van der Waals surface area contributed by atoms with E-state index in [2.05, 4.69) is 6.92 Å². The molecule has 0 saturated carbocycles. The summed E-state index contributed by atoms with van der Waals surface area (Å²) in [5.41, 5.74) is 0.350. The van der Waals surface area contributed by atoms with Gasteiger partial charge in [-0.15, -0.1) is 0 Å². The van der Waals surface area contributed by atoms with Crippen molar-refractivity contribution in [1.29, 1.82) is 0 Å². The number of hydrogen-bond acceptors (Lipinski definition) is 4. The molecule has 1 rings (SSSR count). The third-order valence-electron chi connectivity index (χ3n) is 5.91. The molecule has 1 aromatic carbocycles. The lowest BCUT2D eigenvalue weighted by molar-refractivity contribution is 0.399. The lowest BCUT2D eigenvalue weighted by Crippen LogP contribution is -2.06. The van der Waals surface area contributed by atoms with Crippen molar-refractivity contribution in [2.24, 2.45) is 0 Å². The maximum Gasteiger partial charge on any atom is 0.294 e. The van der Waals surface area contributed by atoms with Crippen LogP contribution in [0.15, 0.2) is 17.0 Å². The highest BCUT2D eigenvalue weighted by atomic mass is 32.2. The van der Waals surface area contributed by atoms with E-state index in [0.717, 1.165) is 25.3 Å². The average Bonchev–Trinajstić information content (AvgIpc) is 2.69. The SMILES string of the molecule is CCCCCCCCCCCCCCCCC(C)c1cc(O)c(O)cc1S(=O)(=O)O. The molecule has 3 N–H and O–H groups in total. The number of rotatable bonds is 17. The summed E-state index contributed by atoms with van der Waals surface area (Å²) in [6, 6.07) is 2.16. The van der Waals surface area contributed by atoms with Crippen LogP contribution in [0.3, 0.4) is 0 Å². The van der Waals surface area contributed by atoms with Crippen molar-refractivity contribution in [3.8, 4) is 11.5 Å². The van der Waals surface area contributed by atoms with Crippen LogP contribution in [0.2, 0.25) is 0 Å². The summed E-state index contributed by atoms with van der Waals surface area (Å²) in [6.45, 7) is 4.13. The molecule has 1 aromatic rings. The standard InChI is InChI=1S/C24H42O5S/c1-3-4-5-6-7-8-9-10-11-12-13-14-15-16-17-20(2)21-18-22(25)23(26)19-24(21)30(27,28)29/h18-20,25-26H,3-17H2,1-2H3,(H,27,28,29). The fourth-order valence-electron chi connectivity index (χ4n) is 3.98. The van der Waals surface area contributed by atoms with Gasteiger partial charge in [-0.3, -0.25) is 4.55 Å². The largest absolute Gasteiger partial charge is 0.504 e. The smallest absolute Gasteiger partial charge is 0.294 e. The monoisotopic (exact) mass is 442 g/mol. The van der Waals surface area contributed by atoms with Gasteiger partial charge in [0.05, 0.1) is 0 Å². The van der Waals surface area contributed by atoms with Gasteiger partial charge in [0.2, 0.25) is 0 Å². The van der Waals surface area contributed by atoms with Gasteiger partial charge in [-0.1, -0.05) is 104 Å². The summed E-state index contributed by atoms with van der Waals surface area (Å²) in [6.07, 6.45) is 18.8. The second-order valence-electron chi connectivity index (χ2n) is 8.64. The van der Waals surface area contributed by atoms with Gasteiger partial charge >= 0.3 is 0 Å². The lowest BCUT2D eigenvalue weighted by atomic mass is 9.94. The lowest BCUT2D eigenvalue weighted by Gasteiger charge is -2.16. The normalized spacial score (nSPS) is 12.9. The number of phenolic OH excluding ortho intramolecular Hbond substituents is 2. The average molecular weight is 443 g/mol. The molecule has 0 bridgehead atoms. The van der Waals surface area contributed by atoms with Gasteiger partial charge in [0.1, 0.15) is 4.90 Å². The quantitative estimate of drug-likeness (QED) is 0.133. The summed E-state index contributed by atoms with van der Waals surface area (Å²) < 4.78 is 32.6. The Labute approximate surface area is 183 Å². The second-order valence-corrected chi connectivity index (χ2v) is 10.0. The van der Waals surface area contributed by atoms with Crippen molar-refractivity contribution in [1.82, 2.24) is 0 Å². The Bertz CT molecular complexity index is 700. The first-order valence-corrected chi connectivity index (χ1v) is 13.2.